The molecule has 1 aliphatic rings. The second-order valence-electron chi connectivity index (χ2n) is 5.88. The normalized spacial score (nSPS) is 13.5. The highest BCUT2D eigenvalue weighted by atomic mass is 15.0. The lowest BCUT2D eigenvalue weighted by atomic mass is 10.1. The van der Waals surface area contributed by atoms with Crippen LogP contribution < -0.4 is 10.6 Å². The quantitative estimate of drug-likeness (QED) is 0.642. The van der Waals surface area contributed by atoms with Crippen LogP contribution in [-0.4, -0.2) is 4.57 Å². The van der Waals surface area contributed by atoms with Crippen molar-refractivity contribution in [1.29, 1.82) is 0 Å². The van der Waals surface area contributed by atoms with Gasteiger partial charge in [0.2, 0.25) is 0 Å². The summed E-state index contributed by atoms with van der Waals surface area (Å²) in [4.78, 5) is 0. The van der Waals surface area contributed by atoms with E-state index in [0.717, 1.165) is 12.8 Å². The highest BCUT2D eigenvalue weighted by Crippen LogP contribution is 2.17. The van der Waals surface area contributed by atoms with E-state index in [4.69, 9.17) is 0 Å². The van der Waals surface area contributed by atoms with Gasteiger partial charge >= 0.3 is 0 Å². The molecule has 23 heavy (non-hydrogen) atoms. The average molecular weight is 297 g/mol. The first kappa shape index (κ1) is 13.8. The van der Waals surface area contributed by atoms with Gasteiger partial charge in [-0.05, 0) is 37.1 Å². The summed E-state index contributed by atoms with van der Waals surface area (Å²) in [5, 5.41) is 3.91. The van der Waals surface area contributed by atoms with Crippen molar-refractivity contribution < 1.29 is 0 Å². The molecule has 3 aromatic rings. The topological polar surface area (TPSA) is 4.93 Å². The summed E-state index contributed by atoms with van der Waals surface area (Å²) in [5.41, 5.74) is 3.87. The zero-order valence-electron chi connectivity index (χ0n) is 13.1. The van der Waals surface area contributed by atoms with Crippen LogP contribution in [-0.2, 0) is 0 Å². The molecular formula is C22H19N. The number of hydrogen-bond acceptors (Lipinski definition) is 0. The van der Waals surface area contributed by atoms with Crippen LogP contribution in [0.5, 0.6) is 0 Å². The van der Waals surface area contributed by atoms with Crippen molar-refractivity contribution in [3.63, 3.8) is 0 Å². The first-order valence-corrected chi connectivity index (χ1v) is 8.04. The minimum atomic E-state index is 0.945. The van der Waals surface area contributed by atoms with Crippen LogP contribution >= 0.6 is 0 Å². The molecule has 0 fully saturated rings. The fraction of sp³-hybridized carbons (Fsp3) is 0.0909. The van der Waals surface area contributed by atoms with Gasteiger partial charge in [0.05, 0.1) is 10.9 Å². The Kier molecular flexibility index (Phi) is 3.47. The van der Waals surface area contributed by atoms with E-state index in [-0.39, 0.29) is 0 Å². The van der Waals surface area contributed by atoms with E-state index in [1.807, 2.05) is 6.08 Å². The SMILES string of the molecule is C=CCC1=CC=c2c(c3ccccc3n2-c2ccccc2)=CC1. The van der Waals surface area contributed by atoms with Crippen LogP contribution in [0, 0.1) is 0 Å². The Morgan fingerprint density at radius 1 is 0.957 bits per heavy atom. The van der Waals surface area contributed by atoms with E-state index in [1.54, 1.807) is 0 Å². The van der Waals surface area contributed by atoms with Crippen molar-refractivity contribution >= 4 is 23.1 Å². The highest BCUT2D eigenvalue weighted by Gasteiger charge is 2.10. The van der Waals surface area contributed by atoms with Gasteiger partial charge in [-0.25, -0.2) is 0 Å². The predicted molar refractivity (Wildman–Crippen MR) is 99.0 cm³/mol. The van der Waals surface area contributed by atoms with Crippen LogP contribution in [0.15, 0.2) is 78.9 Å². The number of benzene rings is 2. The number of hydrogen-bond donors (Lipinski definition) is 0. The third-order valence-corrected chi connectivity index (χ3v) is 4.42. The summed E-state index contributed by atoms with van der Waals surface area (Å²) in [5.74, 6) is 0. The fourth-order valence-corrected chi connectivity index (χ4v) is 3.35. The van der Waals surface area contributed by atoms with Crippen molar-refractivity contribution in [2.24, 2.45) is 0 Å². The number of nitrogens with zero attached hydrogens (tertiary/aromatic N) is 1. The molecule has 0 atom stereocenters. The molecule has 0 radical (unpaired) electrons. The maximum atomic E-state index is 3.86. The Morgan fingerprint density at radius 2 is 1.74 bits per heavy atom. The third-order valence-electron chi connectivity index (χ3n) is 4.42. The van der Waals surface area contributed by atoms with Gasteiger partial charge in [-0.1, -0.05) is 60.2 Å². The molecule has 0 N–H and O–H groups in total. The monoisotopic (exact) mass is 297 g/mol. The Balaban J connectivity index is 2.10. The van der Waals surface area contributed by atoms with E-state index >= 15 is 0 Å². The van der Waals surface area contributed by atoms with Crippen LogP contribution in [0.3, 0.4) is 0 Å². The summed E-state index contributed by atoms with van der Waals surface area (Å²) >= 11 is 0. The number of fused-ring (bicyclic) bond motifs is 3. The zero-order valence-corrected chi connectivity index (χ0v) is 13.1. The van der Waals surface area contributed by atoms with E-state index in [2.05, 4.69) is 84.0 Å². The molecule has 0 aliphatic heterocycles. The molecular weight excluding hydrogens is 278 g/mol. The van der Waals surface area contributed by atoms with Crippen LogP contribution in [0.25, 0.3) is 28.7 Å². The second kappa shape index (κ2) is 5.77. The largest absolute Gasteiger partial charge is 0.309 e. The minimum Gasteiger partial charge on any atom is -0.309 e. The molecule has 0 spiro atoms. The van der Waals surface area contributed by atoms with Gasteiger partial charge < -0.3 is 4.57 Å². The average Bonchev–Trinajstić information content (AvgIpc) is 2.77. The molecule has 1 aromatic heterocycles. The van der Waals surface area contributed by atoms with Crippen molar-refractivity contribution in [2.75, 3.05) is 0 Å². The predicted octanol–water partition coefficient (Wildman–Crippen LogP) is 4.10. The van der Waals surface area contributed by atoms with Gasteiger partial charge in [0.25, 0.3) is 0 Å². The van der Waals surface area contributed by atoms with E-state index in [9.17, 15) is 0 Å². The molecule has 1 heterocycles. The van der Waals surface area contributed by atoms with Gasteiger partial charge in [-0.15, -0.1) is 6.58 Å². The molecule has 1 aliphatic carbocycles. The molecule has 2 aromatic carbocycles. The summed E-state index contributed by atoms with van der Waals surface area (Å²) < 4.78 is 2.36. The summed E-state index contributed by atoms with van der Waals surface area (Å²) in [7, 11) is 0. The number of rotatable bonds is 3. The van der Waals surface area contributed by atoms with Crippen LogP contribution in [0.1, 0.15) is 12.8 Å². The molecule has 0 bridgehead atoms. The standard InChI is InChI=1S/C22H19N/c1-2-8-17-13-15-20-19-11-6-7-12-21(19)23(22(20)16-14-17)18-9-4-3-5-10-18/h2-7,9-12,14-16H,1,8,13H2. The third kappa shape index (κ3) is 2.35. The lowest BCUT2D eigenvalue weighted by molar-refractivity contribution is 1.07. The van der Waals surface area contributed by atoms with Gasteiger partial charge in [-0.3, -0.25) is 0 Å². The van der Waals surface area contributed by atoms with Crippen molar-refractivity contribution in [3.8, 4) is 5.69 Å². The zero-order chi connectivity index (χ0) is 15.6. The maximum absolute atomic E-state index is 3.86. The highest BCUT2D eigenvalue weighted by molar-refractivity contribution is 5.84. The second-order valence-corrected chi connectivity index (χ2v) is 5.88. The lowest BCUT2D eigenvalue weighted by Gasteiger charge is -2.06. The maximum Gasteiger partial charge on any atom is 0.0540 e. The van der Waals surface area contributed by atoms with E-state index in [1.165, 1.54) is 32.7 Å². The molecule has 0 amide bonds. The summed E-state index contributed by atoms with van der Waals surface area (Å²) in [6.45, 7) is 3.86. The first-order chi connectivity index (χ1) is 11.4. The minimum absolute atomic E-state index is 0.945. The van der Waals surface area contributed by atoms with Gasteiger partial charge in [0, 0.05) is 16.3 Å². The van der Waals surface area contributed by atoms with Crippen LogP contribution in [0.4, 0.5) is 0 Å². The first-order valence-electron chi connectivity index (χ1n) is 8.04. The number of allylic oxidation sites excluding steroid dienone is 3. The van der Waals surface area contributed by atoms with E-state index in [0.29, 0.717) is 0 Å². The molecule has 112 valence electrons. The van der Waals surface area contributed by atoms with Crippen LogP contribution in [0.2, 0.25) is 0 Å². The number of para-hydroxylation sites is 2. The molecule has 0 saturated heterocycles. The van der Waals surface area contributed by atoms with Crippen molar-refractivity contribution in [2.45, 2.75) is 12.8 Å². The molecule has 0 saturated carbocycles. The molecule has 4 rings (SSSR count). The Hall–Kier alpha value is -2.80. The van der Waals surface area contributed by atoms with Crippen molar-refractivity contribution in [3.05, 3.63) is 89.5 Å². The fourth-order valence-electron chi connectivity index (χ4n) is 3.35. The Morgan fingerprint density at radius 3 is 2.57 bits per heavy atom. The van der Waals surface area contributed by atoms with Gasteiger partial charge in [0.15, 0.2) is 0 Å². The van der Waals surface area contributed by atoms with E-state index < -0.39 is 0 Å². The molecule has 1 heteroatoms. The van der Waals surface area contributed by atoms with Gasteiger partial charge in [-0.2, -0.15) is 0 Å². The summed E-state index contributed by atoms with van der Waals surface area (Å²) in [6.07, 6.45) is 10.8. The smallest absolute Gasteiger partial charge is 0.0540 e. The lowest BCUT2D eigenvalue weighted by Crippen LogP contribution is -2.27. The summed E-state index contributed by atoms with van der Waals surface area (Å²) in [6, 6.07) is 19.2. The van der Waals surface area contributed by atoms with Gasteiger partial charge in [0.1, 0.15) is 0 Å². The molecule has 1 nitrogen and oxygen atoms in total. The van der Waals surface area contributed by atoms with Crippen molar-refractivity contribution in [1.82, 2.24) is 4.57 Å². The Bertz CT molecular complexity index is 1020. The Labute approximate surface area is 136 Å². The number of aromatic nitrogens is 1. The molecule has 0 unspecified atom stereocenters.